The Morgan fingerprint density at radius 2 is 2.32 bits per heavy atom. The number of thiazole rings is 1. The van der Waals surface area contributed by atoms with Crippen LogP contribution >= 0.6 is 23.1 Å². The Morgan fingerprint density at radius 1 is 1.55 bits per heavy atom. The summed E-state index contributed by atoms with van der Waals surface area (Å²) in [5.74, 6) is -0.522. The van der Waals surface area contributed by atoms with Crippen LogP contribution in [0.5, 0.6) is 0 Å². The largest absolute Gasteiger partial charge is 0.284 e. The molecular weight excluding hydrogens is 326 g/mol. The number of aryl methyl sites for hydroxylation is 1. The normalized spacial score (nSPS) is 10.5. The average Bonchev–Trinajstić information content (AvgIpc) is 2.90. The summed E-state index contributed by atoms with van der Waals surface area (Å²) in [6.45, 7) is 3.89. The third-order valence-electron chi connectivity index (χ3n) is 2.52. The first-order valence-electron chi connectivity index (χ1n) is 6.31. The predicted molar refractivity (Wildman–Crippen MR) is 83.2 cm³/mol. The number of carbonyl (C=O) groups excluding carboxylic acids is 1. The topological polar surface area (TPSA) is 94.4 Å². The second-order valence-electron chi connectivity index (χ2n) is 4.16. The summed E-state index contributed by atoms with van der Waals surface area (Å²) >= 11 is 2.62. The first-order valence-corrected chi connectivity index (χ1v) is 8.01. The van der Waals surface area contributed by atoms with E-state index < -0.39 is 10.8 Å². The summed E-state index contributed by atoms with van der Waals surface area (Å²) in [7, 11) is 0. The lowest BCUT2D eigenvalue weighted by molar-refractivity contribution is -0.387. The van der Waals surface area contributed by atoms with Crippen LogP contribution in [0.3, 0.4) is 0 Å². The smallest absolute Gasteiger partial charge is 0.274 e. The van der Waals surface area contributed by atoms with E-state index in [1.165, 1.54) is 35.2 Å². The summed E-state index contributed by atoms with van der Waals surface area (Å²) in [5, 5.41) is 13.1. The van der Waals surface area contributed by atoms with Crippen molar-refractivity contribution in [2.24, 2.45) is 0 Å². The maximum atomic E-state index is 11.8. The minimum absolute atomic E-state index is 0.137. The second kappa shape index (κ2) is 7.34. The van der Waals surface area contributed by atoms with Crippen molar-refractivity contribution < 1.29 is 14.6 Å². The number of nitrogens with one attached hydrogen (secondary N) is 1. The Hall–Kier alpha value is -1.97. The number of hydroxylamine groups is 1. The van der Waals surface area contributed by atoms with Crippen molar-refractivity contribution in [3.8, 4) is 0 Å². The SMILES string of the molecule is CCONC(=O)c1ccc(Sc2nc(C)cs2)c([N+](=O)[O-])c1. The molecule has 0 atom stereocenters. The highest BCUT2D eigenvalue weighted by molar-refractivity contribution is 8.01. The van der Waals surface area contributed by atoms with Gasteiger partial charge >= 0.3 is 0 Å². The van der Waals surface area contributed by atoms with Crippen LogP contribution in [0, 0.1) is 17.0 Å². The highest BCUT2D eigenvalue weighted by atomic mass is 32.2. The van der Waals surface area contributed by atoms with Gasteiger partial charge in [0.2, 0.25) is 0 Å². The maximum Gasteiger partial charge on any atom is 0.284 e. The highest BCUT2D eigenvalue weighted by Crippen LogP contribution is 2.36. The van der Waals surface area contributed by atoms with Gasteiger partial charge in [0, 0.05) is 22.7 Å². The number of nitrogens with zero attached hydrogens (tertiary/aromatic N) is 2. The summed E-state index contributed by atoms with van der Waals surface area (Å²) < 4.78 is 0.715. The first-order chi connectivity index (χ1) is 10.5. The maximum absolute atomic E-state index is 11.8. The van der Waals surface area contributed by atoms with Crippen molar-refractivity contribution >= 4 is 34.7 Å². The van der Waals surface area contributed by atoms with Gasteiger partial charge in [0.25, 0.3) is 11.6 Å². The number of amides is 1. The third-order valence-corrected chi connectivity index (χ3v) is 4.64. The molecule has 7 nitrogen and oxygen atoms in total. The fraction of sp³-hybridized carbons (Fsp3) is 0.231. The van der Waals surface area contributed by atoms with E-state index in [2.05, 4.69) is 10.5 Å². The monoisotopic (exact) mass is 339 g/mol. The Balaban J connectivity index is 2.27. The fourth-order valence-corrected chi connectivity index (χ4v) is 3.44. The van der Waals surface area contributed by atoms with Gasteiger partial charge in [-0.25, -0.2) is 10.5 Å². The van der Waals surface area contributed by atoms with Crippen molar-refractivity contribution in [3.63, 3.8) is 0 Å². The Morgan fingerprint density at radius 3 is 2.91 bits per heavy atom. The zero-order chi connectivity index (χ0) is 16.1. The number of aromatic nitrogens is 1. The predicted octanol–water partition coefficient (Wildman–Crippen LogP) is 3.19. The van der Waals surface area contributed by atoms with E-state index in [-0.39, 0.29) is 11.3 Å². The Kier molecular flexibility index (Phi) is 5.47. The van der Waals surface area contributed by atoms with E-state index in [1.54, 1.807) is 13.0 Å². The van der Waals surface area contributed by atoms with Gasteiger partial charge in [0.1, 0.15) is 0 Å². The number of nitro groups is 1. The molecule has 0 spiro atoms. The van der Waals surface area contributed by atoms with E-state index in [0.29, 0.717) is 15.8 Å². The van der Waals surface area contributed by atoms with Crippen molar-refractivity contribution in [2.45, 2.75) is 23.1 Å². The van der Waals surface area contributed by atoms with Crippen LogP contribution in [-0.4, -0.2) is 22.4 Å². The van der Waals surface area contributed by atoms with Gasteiger partial charge in [-0.1, -0.05) is 11.8 Å². The molecule has 2 rings (SSSR count). The van der Waals surface area contributed by atoms with Crippen LogP contribution in [0.25, 0.3) is 0 Å². The minimum atomic E-state index is -0.522. The molecule has 1 aromatic carbocycles. The van der Waals surface area contributed by atoms with Crippen molar-refractivity contribution in [1.82, 2.24) is 10.5 Å². The number of hydrogen-bond acceptors (Lipinski definition) is 7. The van der Waals surface area contributed by atoms with Crippen LogP contribution in [0.4, 0.5) is 5.69 Å². The fourth-order valence-electron chi connectivity index (χ4n) is 1.56. The number of rotatable bonds is 6. The zero-order valence-electron chi connectivity index (χ0n) is 11.9. The van der Waals surface area contributed by atoms with Crippen LogP contribution in [-0.2, 0) is 4.84 Å². The lowest BCUT2D eigenvalue weighted by Crippen LogP contribution is -2.23. The molecule has 1 N–H and O–H groups in total. The van der Waals surface area contributed by atoms with Gasteiger partial charge in [0.15, 0.2) is 4.34 Å². The molecule has 116 valence electrons. The Labute approximate surface area is 134 Å². The molecule has 0 aliphatic rings. The summed E-state index contributed by atoms with van der Waals surface area (Å²) in [4.78, 5) is 32.0. The van der Waals surface area contributed by atoms with Gasteiger partial charge < -0.3 is 0 Å². The van der Waals surface area contributed by atoms with Gasteiger partial charge in [-0.05, 0) is 26.0 Å². The zero-order valence-corrected chi connectivity index (χ0v) is 13.5. The average molecular weight is 339 g/mol. The lowest BCUT2D eigenvalue weighted by Gasteiger charge is -2.05. The van der Waals surface area contributed by atoms with E-state index in [1.807, 2.05) is 12.3 Å². The van der Waals surface area contributed by atoms with Gasteiger partial charge in [-0.3, -0.25) is 19.7 Å². The van der Waals surface area contributed by atoms with Crippen molar-refractivity contribution in [2.75, 3.05) is 6.61 Å². The van der Waals surface area contributed by atoms with Crippen molar-refractivity contribution in [3.05, 3.63) is 45.0 Å². The van der Waals surface area contributed by atoms with Gasteiger partial charge in [0.05, 0.1) is 16.4 Å². The molecule has 22 heavy (non-hydrogen) atoms. The van der Waals surface area contributed by atoms with Crippen LogP contribution in [0.15, 0.2) is 32.8 Å². The summed E-state index contributed by atoms with van der Waals surface area (Å²) in [6.07, 6.45) is 0. The van der Waals surface area contributed by atoms with Crippen LogP contribution in [0.2, 0.25) is 0 Å². The molecule has 1 amide bonds. The molecule has 0 bridgehead atoms. The van der Waals surface area contributed by atoms with Gasteiger partial charge in [-0.2, -0.15) is 0 Å². The van der Waals surface area contributed by atoms with E-state index in [4.69, 9.17) is 4.84 Å². The van der Waals surface area contributed by atoms with Crippen LogP contribution in [0.1, 0.15) is 23.0 Å². The summed E-state index contributed by atoms with van der Waals surface area (Å²) in [6, 6.07) is 4.29. The van der Waals surface area contributed by atoms with Gasteiger partial charge in [-0.15, -0.1) is 11.3 Å². The third kappa shape index (κ3) is 4.03. The van der Waals surface area contributed by atoms with E-state index in [9.17, 15) is 14.9 Å². The molecule has 9 heteroatoms. The van der Waals surface area contributed by atoms with Crippen LogP contribution < -0.4 is 5.48 Å². The first kappa shape index (κ1) is 16.4. The molecule has 0 unspecified atom stereocenters. The molecule has 0 saturated heterocycles. The number of nitro benzene ring substituents is 1. The molecule has 1 aromatic heterocycles. The number of carbonyl (C=O) groups is 1. The lowest BCUT2D eigenvalue weighted by atomic mass is 10.2. The standard InChI is InChI=1S/C13H13N3O4S2/c1-3-20-15-12(17)9-4-5-11(10(6-9)16(18)19)22-13-14-8(2)7-21-13/h4-7H,3H2,1-2H3,(H,15,17). The van der Waals surface area contributed by atoms with E-state index in [0.717, 1.165) is 5.69 Å². The number of benzene rings is 1. The number of hydrogen-bond donors (Lipinski definition) is 1. The molecule has 1 heterocycles. The second-order valence-corrected chi connectivity index (χ2v) is 6.31. The molecular formula is C13H13N3O4S2. The molecule has 0 aliphatic carbocycles. The molecule has 0 radical (unpaired) electrons. The molecule has 0 aliphatic heterocycles. The Bertz CT molecular complexity index is 702. The molecule has 0 fully saturated rings. The van der Waals surface area contributed by atoms with Crippen molar-refractivity contribution in [1.29, 1.82) is 0 Å². The molecule has 0 saturated carbocycles. The minimum Gasteiger partial charge on any atom is -0.274 e. The molecule has 2 aromatic rings. The highest BCUT2D eigenvalue weighted by Gasteiger charge is 2.19. The quantitative estimate of drug-likeness (QED) is 0.641. The van der Waals surface area contributed by atoms with E-state index >= 15 is 0 Å². The summed E-state index contributed by atoms with van der Waals surface area (Å²) in [5.41, 5.74) is 3.10.